The van der Waals surface area contributed by atoms with Crippen molar-refractivity contribution in [1.29, 1.82) is 0 Å². The zero-order valence-electron chi connectivity index (χ0n) is 12.0. The van der Waals surface area contributed by atoms with Gasteiger partial charge in [-0.15, -0.1) is 11.3 Å². The Labute approximate surface area is 137 Å². The van der Waals surface area contributed by atoms with Crippen molar-refractivity contribution in [3.05, 3.63) is 40.7 Å². The molecule has 0 spiro atoms. The highest BCUT2D eigenvalue weighted by molar-refractivity contribution is 7.17. The molecule has 0 bridgehead atoms. The van der Waals surface area contributed by atoms with E-state index in [0.29, 0.717) is 29.9 Å². The fraction of sp³-hybridized carbons (Fsp3) is 0.200. The molecule has 114 valence electrons. The van der Waals surface area contributed by atoms with Gasteiger partial charge in [0.2, 0.25) is 5.95 Å². The van der Waals surface area contributed by atoms with Crippen LogP contribution in [0.25, 0.3) is 10.2 Å². The molecular weight excluding hydrogens is 320 g/mol. The normalized spacial score (nSPS) is 10.6. The van der Waals surface area contributed by atoms with E-state index in [9.17, 15) is 0 Å². The Bertz CT molecular complexity index is 777. The SMILES string of the molecule is CNc1nc(NCCOc2ccccc2Cl)c2sccc2n1. The highest BCUT2D eigenvalue weighted by Gasteiger charge is 2.08. The molecule has 2 heterocycles. The lowest BCUT2D eigenvalue weighted by atomic mass is 10.3. The Balaban J connectivity index is 1.64. The van der Waals surface area contributed by atoms with Crippen LogP contribution in [0.2, 0.25) is 5.02 Å². The Kier molecular flexibility index (Phi) is 4.60. The summed E-state index contributed by atoms with van der Waals surface area (Å²) in [5.74, 6) is 2.10. The Morgan fingerprint density at radius 3 is 2.91 bits per heavy atom. The molecule has 22 heavy (non-hydrogen) atoms. The van der Waals surface area contributed by atoms with E-state index >= 15 is 0 Å². The first-order chi connectivity index (χ1) is 10.8. The topological polar surface area (TPSA) is 59.1 Å². The van der Waals surface area contributed by atoms with E-state index in [1.54, 1.807) is 18.4 Å². The fourth-order valence-electron chi connectivity index (χ4n) is 1.99. The van der Waals surface area contributed by atoms with Crippen molar-refractivity contribution in [1.82, 2.24) is 9.97 Å². The highest BCUT2D eigenvalue weighted by Crippen LogP contribution is 2.27. The first-order valence-electron chi connectivity index (χ1n) is 6.82. The van der Waals surface area contributed by atoms with Gasteiger partial charge in [0, 0.05) is 7.05 Å². The van der Waals surface area contributed by atoms with Gasteiger partial charge in [-0.2, -0.15) is 4.98 Å². The van der Waals surface area contributed by atoms with Crippen LogP contribution >= 0.6 is 22.9 Å². The third kappa shape index (κ3) is 3.23. The molecule has 0 radical (unpaired) electrons. The third-order valence-electron chi connectivity index (χ3n) is 3.02. The predicted octanol–water partition coefficient (Wildman–Crippen LogP) is 3.88. The lowest BCUT2D eigenvalue weighted by Crippen LogP contribution is -2.13. The summed E-state index contributed by atoms with van der Waals surface area (Å²) in [5.41, 5.74) is 0.930. The molecule has 2 aromatic heterocycles. The lowest BCUT2D eigenvalue weighted by molar-refractivity contribution is 0.333. The summed E-state index contributed by atoms with van der Waals surface area (Å²) in [5, 5.41) is 8.87. The minimum atomic E-state index is 0.496. The summed E-state index contributed by atoms with van der Waals surface area (Å²) in [7, 11) is 1.80. The van der Waals surface area contributed by atoms with Crippen LogP contribution in [0.3, 0.4) is 0 Å². The molecule has 0 amide bonds. The van der Waals surface area contributed by atoms with Crippen molar-refractivity contribution in [2.75, 3.05) is 30.8 Å². The van der Waals surface area contributed by atoms with Crippen LogP contribution < -0.4 is 15.4 Å². The number of ether oxygens (including phenoxy) is 1. The van der Waals surface area contributed by atoms with E-state index in [1.807, 2.05) is 35.7 Å². The maximum atomic E-state index is 6.05. The second kappa shape index (κ2) is 6.81. The van der Waals surface area contributed by atoms with E-state index < -0.39 is 0 Å². The zero-order valence-corrected chi connectivity index (χ0v) is 13.5. The van der Waals surface area contributed by atoms with Gasteiger partial charge >= 0.3 is 0 Å². The van der Waals surface area contributed by atoms with Crippen LogP contribution in [0.15, 0.2) is 35.7 Å². The summed E-state index contributed by atoms with van der Waals surface area (Å²) in [6.45, 7) is 1.12. The molecule has 0 aliphatic heterocycles. The van der Waals surface area contributed by atoms with Crippen molar-refractivity contribution >= 4 is 44.9 Å². The molecule has 0 unspecified atom stereocenters. The van der Waals surface area contributed by atoms with Crippen LogP contribution in [-0.2, 0) is 0 Å². The molecular formula is C15H15ClN4OS. The van der Waals surface area contributed by atoms with Crippen LogP contribution in [0.4, 0.5) is 11.8 Å². The number of nitrogens with zero attached hydrogens (tertiary/aromatic N) is 2. The molecule has 0 aliphatic rings. The quantitative estimate of drug-likeness (QED) is 0.670. The zero-order chi connectivity index (χ0) is 15.4. The first kappa shape index (κ1) is 14.9. The Hall–Kier alpha value is -2.05. The standard InChI is InChI=1S/C15H15ClN4OS/c1-17-15-19-11-6-9-22-13(11)14(20-15)18-7-8-21-12-5-3-2-4-10(12)16/h2-6,9H,7-8H2,1H3,(H2,17,18,19,20). The number of anilines is 2. The molecule has 7 heteroatoms. The number of hydrogen-bond donors (Lipinski definition) is 2. The van der Waals surface area contributed by atoms with E-state index in [-0.39, 0.29) is 0 Å². The van der Waals surface area contributed by atoms with Crippen LogP contribution in [0.5, 0.6) is 5.75 Å². The summed E-state index contributed by atoms with van der Waals surface area (Å²) >= 11 is 7.66. The van der Waals surface area contributed by atoms with E-state index in [1.165, 1.54) is 0 Å². The average molecular weight is 335 g/mol. The van der Waals surface area contributed by atoms with Crippen LogP contribution in [0.1, 0.15) is 0 Å². The van der Waals surface area contributed by atoms with Gasteiger partial charge in [-0.25, -0.2) is 4.98 Å². The van der Waals surface area contributed by atoms with Crippen LogP contribution in [0, 0.1) is 0 Å². The number of rotatable bonds is 6. The van der Waals surface area contributed by atoms with Gasteiger partial charge in [-0.1, -0.05) is 23.7 Å². The van der Waals surface area contributed by atoms with Crippen LogP contribution in [-0.4, -0.2) is 30.2 Å². The molecule has 0 fully saturated rings. The first-order valence-corrected chi connectivity index (χ1v) is 8.08. The Morgan fingerprint density at radius 2 is 2.09 bits per heavy atom. The van der Waals surface area contributed by atoms with Crippen molar-refractivity contribution in [2.45, 2.75) is 0 Å². The number of aromatic nitrogens is 2. The van der Waals surface area contributed by atoms with Gasteiger partial charge in [0.15, 0.2) is 0 Å². The molecule has 3 aromatic rings. The monoisotopic (exact) mass is 334 g/mol. The second-order valence-corrected chi connectivity index (χ2v) is 5.81. The highest BCUT2D eigenvalue weighted by atomic mass is 35.5. The molecule has 0 atom stereocenters. The molecule has 3 rings (SSSR count). The number of nitrogens with one attached hydrogen (secondary N) is 2. The van der Waals surface area contributed by atoms with Gasteiger partial charge in [-0.05, 0) is 23.6 Å². The van der Waals surface area contributed by atoms with Gasteiger partial charge in [-0.3, -0.25) is 0 Å². The van der Waals surface area contributed by atoms with Gasteiger partial charge in [0.25, 0.3) is 0 Å². The van der Waals surface area contributed by atoms with Gasteiger partial charge in [0.1, 0.15) is 18.2 Å². The van der Waals surface area contributed by atoms with E-state index in [4.69, 9.17) is 16.3 Å². The molecule has 0 saturated carbocycles. The maximum Gasteiger partial charge on any atom is 0.225 e. The second-order valence-electron chi connectivity index (χ2n) is 4.49. The largest absolute Gasteiger partial charge is 0.490 e. The molecule has 2 N–H and O–H groups in total. The summed E-state index contributed by atoms with van der Waals surface area (Å²) < 4.78 is 6.70. The van der Waals surface area contributed by atoms with Gasteiger partial charge < -0.3 is 15.4 Å². The summed E-state index contributed by atoms with van der Waals surface area (Å²) in [6, 6.07) is 9.41. The number of benzene rings is 1. The summed E-state index contributed by atoms with van der Waals surface area (Å²) in [4.78, 5) is 8.85. The third-order valence-corrected chi connectivity index (χ3v) is 4.24. The maximum absolute atomic E-state index is 6.05. The lowest BCUT2D eigenvalue weighted by Gasteiger charge is -2.10. The predicted molar refractivity (Wildman–Crippen MR) is 92.4 cm³/mol. The number of fused-ring (bicyclic) bond motifs is 1. The average Bonchev–Trinajstić information content (AvgIpc) is 3.01. The molecule has 5 nitrogen and oxygen atoms in total. The van der Waals surface area contributed by atoms with Crippen molar-refractivity contribution in [3.63, 3.8) is 0 Å². The van der Waals surface area contributed by atoms with E-state index in [0.717, 1.165) is 16.0 Å². The summed E-state index contributed by atoms with van der Waals surface area (Å²) in [6.07, 6.45) is 0. The Morgan fingerprint density at radius 1 is 1.23 bits per heavy atom. The van der Waals surface area contributed by atoms with E-state index in [2.05, 4.69) is 20.6 Å². The molecule has 0 aliphatic carbocycles. The fourth-order valence-corrected chi connectivity index (χ4v) is 2.97. The van der Waals surface area contributed by atoms with Gasteiger partial charge in [0.05, 0.1) is 21.8 Å². The van der Waals surface area contributed by atoms with Crippen molar-refractivity contribution in [2.24, 2.45) is 0 Å². The smallest absolute Gasteiger partial charge is 0.225 e. The van der Waals surface area contributed by atoms with Crippen molar-refractivity contribution in [3.8, 4) is 5.75 Å². The number of hydrogen-bond acceptors (Lipinski definition) is 6. The number of halogens is 1. The minimum absolute atomic E-state index is 0.496. The molecule has 1 aromatic carbocycles. The van der Waals surface area contributed by atoms with Crippen molar-refractivity contribution < 1.29 is 4.74 Å². The molecule has 0 saturated heterocycles. The minimum Gasteiger partial charge on any atom is -0.490 e. The number of para-hydroxylation sites is 1. The number of thiophene rings is 1.